The van der Waals surface area contributed by atoms with E-state index in [-0.39, 0.29) is 23.5 Å². The number of pyridine rings is 1. The van der Waals surface area contributed by atoms with Crippen LogP contribution >= 0.6 is 11.8 Å². The molecule has 0 aromatic carbocycles. The van der Waals surface area contributed by atoms with Gasteiger partial charge in [0, 0.05) is 25.2 Å². The maximum absolute atomic E-state index is 12.7. The van der Waals surface area contributed by atoms with E-state index in [1.807, 2.05) is 12.1 Å². The first-order chi connectivity index (χ1) is 10.7. The minimum absolute atomic E-state index is 0.0248. The molecule has 22 heavy (non-hydrogen) atoms. The van der Waals surface area contributed by atoms with Crippen LogP contribution in [0.2, 0.25) is 0 Å². The zero-order valence-corrected chi connectivity index (χ0v) is 13.6. The molecular weight excluding hydrogens is 298 g/mol. The van der Waals surface area contributed by atoms with Crippen LogP contribution in [-0.2, 0) is 9.59 Å². The Balaban J connectivity index is 1.74. The molecular formula is C16H21N3O2S. The Hall–Kier alpha value is -1.56. The van der Waals surface area contributed by atoms with Crippen molar-refractivity contribution in [1.82, 2.24) is 10.3 Å². The van der Waals surface area contributed by atoms with Gasteiger partial charge in [-0.2, -0.15) is 0 Å². The number of amides is 2. The lowest BCUT2D eigenvalue weighted by molar-refractivity contribution is -0.125. The summed E-state index contributed by atoms with van der Waals surface area (Å²) >= 11 is 1.41. The van der Waals surface area contributed by atoms with Crippen LogP contribution in [0.5, 0.6) is 0 Å². The number of carbonyl (C=O) groups excluding carboxylic acids is 2. The Bertz CT molecular complexity index is 574. The lowest BCUT2D eigenvalue weighted by Crippen LogP contribution is -2.44. The maximum atomic E-state index is 12.7. The molecule has 1 N–H and O–H groups in total. The van der Waals surface area contributed by atoms with E-state index in [4.69, 9.17) is 0 Å². The van der Waals surface area contributed by atoms with Crippen molar-refractivity contribution < 1.29 is 9.59 Å². The molecule has 1 atom stereocenters. The van der Waals surface area contributed by atoms with Crippen molar-refractivity contribution in [2.24, 2.45) is 0 Å². The third-order valence-corrected chi connectivity index (χ3v) is 5.08. The average molecular weight is 319 g/mol. The van der Waals surface area contributed by atoms with Crippen molar-refractivity contribution >= 4 is 29.3 Å². The summed E-state index contributed by atoms with van der Waals surface area (Å²) in [6.45, 7) is 2.79. The second-order valence-corrected chi connectivity index (χ2v) is 7.01. The van der Waals surface area contributed by atoms with Gasteiger partial charge in [-0.1, -0.05) is 25.1 Å². The normalized spacial score (nSPS) is 20.7. The van der Waals surface area contributed by atoms with Gasteiger partial charge in [-0.15, -0.1) is 0 Å². The third kappa shape index (κ3) is 3.43. The number of hydrogen-bond donors (Lipinski definition) is 1. The molecule has 1 aromatic heterocycles. The van der Waals surface area contributed by atoms with Crippen LogP contribution in [-0.4, -0.2) is 34.6 Å². The van der Waals surface area contributed by atoms with Crippen molar-refractivity contribution in [3.05, 3.63) is 18.3 Å². The van der Waals surface area contributed by atoms with Gasteiger partial charge in [0.2, 0.25) is 11.8 Å². The fraction of sp³-hybridized carbons (Fsp3) is 0.562. The van der Waals surface area contributed by atoms with E-state index in [0.29, 0.717) is 12.6 Å². The van der Waals surface area contributed by atoms with E-state index in [9.17, 15) is 9.59 Å². The number of anilines is 1. The number of nitrogens with one attached hydrogen (secondary N) is 1. The van der Waals surface area contributed by atoms with Crippen LogP contribution in [0.3, 0.4) is 0 Å². The van der Waals surface area contributed by atoms with Crippen molar-refractivity contribution in [2.75, 3.05) is 11.4 Å². The Morgan fingerprint density at radius 3 is 3.05 bits per heavy atom. The van der Waals surface area contributed by atoms with Crippen LogP contribution in [0.1, 0.15) is 39.0 Å². The smallest absolute Gasteiger partial charge is 0.241 e. The standard InChI is InChI=1S/C16H21N3O2S/c1-2-3-9-19-12-5-4-8-17-15(12)22-13(16(19)21)10-14(20)18-11-6-7-11/h4-5,8,11,13H,2-3,6-7,9-10H2,1H3,(H,18,20)/t13-/m1/s1. The molecule has 1 aliphatic heterocycles. The molecule has 6 heteroatoms. The highest BCUT2D eigenvalue weighted by Gasteiger charge is 2.36. The molecule has 5 nitrogen and oxygen atoms in total. The van der Waals surface area contributed by atoms with Gasteiger partial charge in [0.05, 0.1) is 10.9 Å². The first kappa shape index (κ1) is 15.3. The van der Waals surface area contributed by atoms with Crippen LogP contribution in [0.25, 0.3) is 0 Å². The molecule has 0 bridgehead atoms. The molecule has 0 unspecified atom stereocenters. The Morgan fingerprint density at radius 2 is 2.32 bits per heavy atom. The van der Waals surface area contributed by atoms with Gasteiger partial charge < -0.3 is 10.2 Å². The molecule has 1 aromatic rings. The molecule has 1 aliphatic carbocycles. The van der Waals surface area contributed by atoms with E-state index in [1.54, 1.807) is 11.1 Å². The van der Waals surface area contributed by atoms with Gasteiger partial charge in [0.1, 0.15) is 5.03 Å². The highest BCUT2D eigenvalue weighted by molar-refractivity contribution is 8.00. The summed E-state index contributed by atoms with van der Waals surface area (Å²) in [6, 6.07) is 4.12. The number of rotatable bonds is 6. The van der Waals surface area contributed by atoms with Gasteiger partial charge in [-0.05, 0) is 31.4 Å². The number of nitrogens with zero attached hydrogens (tertiary/aromatic N) is 2. The Kier molecular flexibility index (Phi) is 4.66. The van der Waals surface area contributed by atoms with Crippen molar-refractivity contribution in [3.8, 4) is 0 Å². The van der Waals surface area contributed by atoms with Crippen molar-refractivity contribution in [3.63, 3.8) is 0 Å². The van der Waals surface area contributed by atoms with Gasteiger partial charge in [-0.25, -0.2) is 4.98 Å². The number of hydrogen-bond acceptors (Lipinski definition) is 4. The molecule has 2 heterocycles. The molecule has 2 amide bonds. The highest BCUT2D eigenvalue weighted by Crippen LogP contribution is 2.38. The third-order valence-electron chi connectivity index (χ3n) is 3.89. The minimum atomic E-state index is -0.363. The lowest BCUT2D eigenvalue weighted by Gasteiger charge is -2.32. The van der Waals surface area contributed by atoms with E-state index in [0.717, 1.165) is 36.4 Å². The van der Waals surface area contributed by atoms with E-state index in [1.165, 1.54) is 11.8 Å². The molecule has 1 fully saturated rings. The lowest BCUT2D eigenvalue weighted by atomic mass is 10.2. The van der Waals surface area contributed by atoms with E-state index in [2.05, 4.69) is 17.2 Å². The van der Waals surface area contributed by atoms with Crippen molar-refractivity contribution in [1.29, 1.82) is 0 Å². The van der Waals surface area contributed by atoms with Gasteiger partial charge >= 0.3 is 0 Å². The second kappa shape index (κ2) is 6.69. The molecule has 3 rings (SSSR count). The number of aromatic nitrogens is 1. The fourth-order valence-corrected chi connectivity index (χ4v) is 3.67. The van der Waals surface area contributed by atoms with Crippen LogP contribution in [0.15, 0.2) is 23.4 Å². The molecule has 0 radical (unpaired) electrons. The predicted octanol–water partition coefficient (Wildman–Crippen LogP) is 2.36. The van der Waals surface area contributed by atoms with Crippen LogP contribution in [0, 0.1) is 0 Å². The van der Waals surface area contributed by atoms with Crippen LogP contribution < -0.4 is 10.2 Å². The van der Waals surface area contributed by atoms with E-state index < -0.39 is 0 Å². The van der Waals surface area contributed by atoms with Gasteiger partial charge in [0.15, 0.2) is 0 Å². The monoisotopic (exact) mass is 319 g/mol. The maximum Gasteiger partial charge on any atom is 0.241 e. The molecule has 0 saturated heterocycles. The zero-order valence-electron chi connectivity index (χ0n) is 12.7. The quantitative estimate of drug-likeness (QED) is 0.874. The largest absolute Gasteiger partial charge is 0.353 e. The summed E-state index contributed by atoms with van der Waals surface area (Å²) in [5, 5.41) is 3.45. The first-order valence-corrected chi connectivity index (χ1v) is 8.79. The SMILES string of the molecule is CCCCN1C(=O)[C@@H](CC(=O)NC2CC2)Sc2ncccc21. The Morgan fingerprint density at radius 1 is 1.50 bits per heavy atom. The number of unbranched alkanes of at least 4 members (excludes halogenated alkanes) is 1. The summed E-state index contributed by atoms with van der Waals surface area (Å²) in [5.74, 6) is 0.00747. The summed E-state index contributed by atoms with van der Waals surface area (Å²) < 4.78 is 0. The first-order valence-electron chi connectivity index (χ1n) is 7.91. The summed E-state index contributed by atoms with van der Waals surface area (Å²) in [7, 11) is 0. The topological polar surface area (TPSA) is 62.3 Å². The number of carbonyl (C=O) groups is 2. The van der Waals surface area contributed by atoms with E-state index >= 15 is 0 Å². The summed E-state index contributed by atoms with van der Waals surface area (Å²) in [4.78, 5) is 30.9. The number of fused-ring (bicyclic) bond motifs is 1. The molecule has 2 aliphatic rings. The Labute approximate surface area is 134 Å². The van der Waals surface area contributed by atoms with Crippen molar-refractivity contribution in [2.45, 2.75) is 55.3 Å². The molecule has 0 spiro atoms. The minimum Gasteiger partial charge on any atom is -0.353 e. The predicted molar refractivity (Wildman–Crippen MR) is 86.9 cm³/mol. The molecule has 1 saturated carbocycles. The van der Waals surface area contributed by atoms with Crippen LogP contribution in [0.4, 0.5) is 5.69 Å². The summed E-state index contributed by atoms with van der Waals surface area (Å²) in [5.41, 5.74) is 0.879. The average Bonchev–Trinajstić information content (AvgIpc) is 3.31. The number of thioether (sulfide) groups is 1. The highest BCUT2D eigenvalue weighted by atomic mass is 32.2. The van der Waals surface area contributed by atoms with Gasteiger partial charge in [-0.3, -0.25) is 9.59 Å². The second-order valence-electron chi connectivity index (χ2n) is 5.82. The van der Waals surface area contributed by atoms with Gasteiger partial charge in [0.25, 0.3) is 0 Å². The fourth-order valence-electron chi connectivity index (χ4n) is 2.51. The zero-order chi connectivity index (χ0) is 15.5. The molecule has 118 valence electrons. The summed E-state index contributed by atoms with van der Waals surface area (Å²) in [6.07, 6.45) is 6.07.